The van der Waals surface area contributed by atoms with E-state index in [-0.39, 0.29) is 11.9 Å². The number of benzene rings is 1. The molecule has 5 heteroatoms. The van der Waals surface area contributed by atoms with Crippen molar-refractivity contribution >= 4 is 5.91 Å². The molecule has 1 atom stereocenters. The fraction of sp³-hybridized carbons (Fsp3) is 0.333. The van der Waals surface area contributed by atoms with E-state index in [0.717, 1.165) is 11.3 Å². The first kappa shape index (κ1) is 14.3. The van der Waals surface area contributed by atoms with Gasteiger partial charge in [-0.3, -0.25) is 4.79 Å². The van der Waals surface area contributed by atoms with Crippen LogP contribution in [0.3, 0.4) is 0 Å². The fourth-order valence-corrected chi connectivity index (χ4v) is 1.90. The van der Waals surface area contributed by atoms with E-state index in [0.29, 0.717) is 12.1 Å². The smallest absolute Gasteiger partial charge is 0.253 e. The summed E-state index contributed by atoms with van der Waals surface area (Å²) < 4.78 is 1.84. The molecular formula is C15H20N4O. The van der Waals surface area contributed by atoms with Crippen LogP contribution in [0, 0.1) is 6.92 Å². The molecule has 1 unspecified atom stereocenters. The third-order valence-electron chi connectivity index (χ3n) is 3.24. The van der Waals surface area contributed by atoms with E-state index >= 15 is 0 Å². The third-order valence-corrected chi connectivity index (χ3v) is 3.24. The molecule has 1 aromatic heterocycles. The Labute approximate surface area is 119 Å². The minimum Gasteiger partial charge on any atom is -0.350 e. The maximum atomic E-state index is 12.4. The van der Waals surface area contributed by atoms with E-state index < -0.39 is 0 Å². The SMILES string of the molecule is CNC(C)CNC(=O)c1cc(C)ccc1-n1ccnc1. The first-order valence-electron chi connectivity index (χ1n) is 6.66. The summed E-state index contributed by atoms with van der Waals surface area (Å²) in [5, 5.41) is 6.04. The second-order valence-electron chi connectivity index (χ2n) is 4.89. The summed E-state index contributed by atoms with van der Waals surface area (Å²) in [6.07, 6.45) is 5.22. The van der Waals surface area contributed by atoms with Crippen molar-refractivity contribution in [3.8, 4) is 5.69 Å². The summed E-state index contributed by atoms with van der Waals surface area (Å²) in [5.41, 5.74) is 2.55. The van der Waals surface area contributed by atoms with Crippen molar-refractivity contribution in [2.45, 2.75) is 19.9 Å². The first-order chi connectivity index (χ1) is 9.61. The van der Waals surface area contributed by atoms with Crippen LogP contribution in [0.5, 0.6) is 0 Å². The van der Waals surface area contributed by atoms with Gasteiger partial charge in [0.05, 0.1) is 17.6 Å². The molecule has 0 aliphatic carbocycles. The number of amides is 1. The molecule has 2 N–H and O–H groups in total. The van der Waals surface area contributed by atoms with Gasteiger partial charge in [0.15, 0.2) is 0 Å². The van der Waals surface area contributed by atoms with Crippen molar-refractivity contribution in [2.24, 2.45) is 0 Å². The molecule has 2 aromatic rings. The van der Waals surface area contributed by atoms with E-state index in [1.165, 1.54) is 0 Å². The molecule has 0 bridgehead atoms. The van der Waals surface area contributed by atoms with Gasteiger partial charge in [-0.15, -0.1) is 0 Å². The Morgan fingerprint density at radius 1 is 1.45 bits per heavy atom. The molecule has 1 amide bonds. The second-order valence-corrected chi connectivity index (χ2v) is 4.89. The number of aromatic nitrogens is 2. The number of rotatable bonds is 5. The Bertz CT molecular complexity index is 578. The normalized spacial score (nSPS) is 12.2. The van der Waals surface area contributed by atoms with Gasteiger partial charge in [-0.2, -0.15) is 0 Å². The van der Waals surface area contributed by atoms with Gasteiger partial charge < -0.3 is 15.2 Å². The zero-order valence-corrected chi connectivity index (χ0v) is 12.1. The maximum Gasteiger partial charge on any atom is 0.253 e. The summed E-state index contributed by atoms with van der Waals surface area (Å²) in [5.74, 6) is -0.0699. The van der Waals surface area contributed by atoms with Gasteiger partial charge >= 0.3 is 0 Å². The molecule has 0 fully saturated rings. The molecular weight excluding hydrogens is 252 g/mol. The third kappa shape index (κ3) is 3.24. The zero-order chi connectivity index (χ0) is 14.5. The van der Waals surface area contributed by atoms with Gasteiger partial charge in [0, 0.05) is 25.0 Å². The molecule has 0 aliphatic heterocycles. The molecule has 2 rings (SSSR count). The number of aryl methyl sites for hydroxylation is 1. The van der Waals surface area contributed by atoms with Crippen molar-refractivity contribution in [1.29, 1.82) is 0 Å². The van der Waals surface area contributed by atoms with E-state index in [1.807, 2.05) is 49.9 Å². The van der Waals surface area contributed by atoms with Crippen LogP contribution in [0.25, 0.3) is 5.69 Å². The van der Waals surface area contributed by atoms with Crippen LogP contribution in [-0.2, 0) is 0 Å². The Hall–Kier alpha value is -2.14. The van der Waals surface area contributed by atoms with E-state index in [2.05, 4.69) is 15.6 Å². The Balaban J connectivity index is 2.26. The lowest BCUT2D eigenvalue weighted by Crippen LogP contribution is -2.37. The quantitative estimate of drug-likeness (QED) is 0.867. The molecule has 0 saturated carbocycles. The van der Waals surface area contributed by atoms with Crippen LogP contribution >= 0.6 is 0 Å². The molecule has 0 radical (unpaired) electrons. The molecule has 0 aliphatic rings. The number of nitrogens with one attached hydrogen (secondary N) is 2. The van der Waals surface area contributed by atoms with Gasteiger partial charge in [-0.25, -0.2) is 4.98 Å². The first-order valence-corrected chi connectivity index (χ1v) is 6.66. The van der Waals surface area contributed by atoms with Gasteiger partial charge in [0.25, 0.3) is 5.91 Å². The topological polar surface area (TPSA) is 58.9 Å². The lowest BCUT2D eigenvalue weighted by molar-refractivity contribution is 0.0950. The predicted octanol–water partition coefficient (Wildman–Crippen LogP) is 1.52. The minimum absolute atomic E-state index is 0.0699. The van der Waals surface area contributed by atoms with Gasteiger partial charge in [-0.1, -0.05) is 11.6 Å². The lowest BCUT2D eigenvalue weighted by Gasteiger charge is -2.14. The largest absolute Gasteiger partial charge is 0.350 e. The van der Waals surface area contributed by atoms with E-state index in [9.17, 15) is 4.79 Å². The van der Waals surface area contributed by atoms with Gasteiger partial charge in [0.2, 0.25) is 0 Å². The monoisotopic (exact) mass is 272 g/mol. The molecule has 1 aromatic carbocycles. The molecule has 1 heterocycles. The highest BCUT2D eigenvalue weighted by Crippen LogP contribution is 2.16. The standard InChI is InChI=1S/C15H20N4O/c1-11-4-5-14(19-7-6-17-10-19)13(8-11)15(20)18-9-12(2)16-3/h4-8,10,12,16H,9H2,1-3H3,(H,18,20). The van der Waals surface area contributed by atoms with Crippen LogP contribution in [0.2, 0.25) is 0 Å². The molecule has 106 valence electrons. The highest BCUT2D eigenvalue weighted by atomic mass is 16.1. The Morgan fingerprint density at radius 2 is 2.25 bits per heavy atom. The maximum absolute atomic E-state index is 12.4. The number of carbonyl (C=O) groups excluding carboxylic acids is 1. The van der Waals surface area contributed by atoms with Crippen LogP contribution < -0.4 is 10.6 Å². The second kappa shape index (κ2) is 6.34. The van der Waals surface area contributed by atoms with Gasteiger partial charge in [-0.05, 0) is 33.0 Å². The Kier molecular flexibility index (Phi) is 4.53. The molecule has 20 heavy (non-hydrogen) atoms. The van der Waals surface area contributed by atoms with Crippen LogP contribution in [0.1, 0.15) is 22.8 Å². The van der Waals surface area contributed by atoms with Crippen LogP contribution in [0.4, 0.5) is 0 Å². The van der Waals surface area contributed by atoms with E-state index in [4.69, 9.17) is 0 Å². The van der Waals surface area contributed by atoms with Crippen molar-refractivity contribution in [2.75, 3.05) is 13.6 Å². The van der Waals surface area contributed by atoms with Crippen molar-refractivity contribution in [3.05, 3.63) is 48.0 Å². The van der Waals surface area contributed by atoms with Crippen molar-refractivity contribution < 1.29 is 4.79 Å². The number of nitrogens with zero attached hydrogens (tertiary/aromatic N) is 2. The number of carbonyl (C=O) groups is 1. The molecule has 0 saturated heterocycles. The summed E-state index contributed by atoms with van der Waals surface area (Å²) in [6, 6.07) is 6.06. The number of imidazole rings is 1. The minimum atomic E-state index is -0.0699. The summed E-state index contributed by atoms with van der Waals surface area (Å²) in [6.45, 7) is 4.59. The highest BCUT2D eigenvalue weighted by molar-refractivity contribution is 5.98. The molecule has 5 nitrogen and oxygen atoms in total. The molecule has 0 spiro atoms. The zero-order valence-electron chi connectivity index (χ0n) is 12.1. The number of likely N-dealkylation sites (N-methyl/N-ethyl adjacent to an activating group) is 1. The highest BCUT2D eigenvalue weighted by Gasteiger charge is 2.13. The predicted molar refractivity (Wildman–Crippen MR) is 79.2 cm³/mol. The van der Waals surface area contributed by atoms with Gasteiger partial charge in [0.1, 0.15) is 0 Å². The average molecular weight is 272 g/mol. The number of hydrogen-bond donors (Lipinski definition) is 2. The Morgan fingerprint density at radius 3 is 2.90 bits per heavy atom. The average Bonchev–Trinajstić information content (AvgIpc) is 2.98. The van der Waals surface area contributed by atoms with Crippen molar-refractivity contribution in [1.82, 2.24) is 20.2 Å². The summed E-state index contributed by atoms with van der Waals surface area (Å²) in [7, 11) is 1.88. The number of hydrogen-bond acceptors (Lipinski definition) is 3. The van der Waals surface area contributed by atoms with Crippen LogP contribution in [-0.4, -0.2) is 35.1 Å². The van der Waals surface area contributed by atoms with Crippen molar-refractivity contribution in [3.63, 3.8) is 0 Å². The summed E-state index contributed by atoms with van der Waals surface area (Å²) in [4.78, 5) is 16.4. The summed E-state index contributed by atoms with van der Waals surface area (Å²) >= 11 is 0. The van der Waals surface area contributed by atoms with Crippen LogP contribution in [0.15, 0.2) is 36.9 Å². The lowest BCUT2D eigenvalue weighted by atomic mass is 10.1. The van der Waals surface area contributed by atoms with E-state index in [1.54, 1.807) is 12.5 Å². The fourth-order valence-electron chi connectivity index (χ4n) is 1.90.